The predicted molar refractivity (Wildman–Crippen MR) is 174 cm³/mol. The minimum Gasteiger partial charge on any atom is -0.504 e. The minimum atomic E-state index is -0.426. The van der Waals surface area contributed by atoms with Gasteiger partial charge in [0, 0.05) is 31.9 Å². The number of aliphatic hydroxyl groups excluding tert-OH is 3. The number of phenols is 1. The molecule has 1 aromatic carbocycles. The number of aliphatic hydroxyl groups is 3. The van der Waals surface area contributed by atoms with Gasteiger partial charge in [-0.25, -0.2) is 0 Å². The fraction of sp³-hybridized carbons (Fsp3) is 0.639. The largest absolute Gasteiger partial charge is 0.504 e. The number of aryl methyl sites for hydroxylation is 1. The van der Waals surface area contributed by atoms with Crippen molar-refractivity contribution in [3.63, 3.8) is 0 Å². The third-order valence-electron chi connectivity index (χ3n) is 9.14. The van der Waals surface area contributed by atoms with E-state index in [1.54, 1.807) is 13.0 Å². The predicted octanol–water partition coefficient (Wildman–Crippen LogP) is 5.59. The summed E-state index contributed by atoms with van der Waals surface area (Å²) in [6.45, 7) is 5.08. The molecule has 3 aliphatic rings. The van der Waals surface area contributed by atoms with Crippen LogP contribution < -0.4 is 10.1 Å². The Bertz CT molecular complexity index is 1100. The van der Waals surface area contributed by atoms with Gasteiger partial charge in [-0.2, -0.15) is 11.6 Å². The average molecular weight is 611 g/mol. The molecular formula is C36H54N2O6. The van der Waals surface area contributed by atoms with Crippen LogP contribution in [0.15, 0.2) is 46.5 Å². The van der Waals surface area contributed by atoms with E-state index < -0.39 is 6.10 Å². The Morgan fingerprint density at radius 1 is 1.20 bits per heavy atom. The molecule has 1 aliphatic carbocycles. The van der Waals surface area contributed by atoms with E-state index in [9.17, 15) is 20.4 Å². The second-order valence-corrected chi connectivity index (χ2v) is 12.7. The number of hydrogen-bond acceptors (Lipinski definition) is 8. The van der Waals surface area contributed by atoms with E-state index in [1.165, 1.54) is 31.3 Å². The fourth-order valence-corrected chi connectivity index (χ4v) is 6.80. The smallest absolute Gasteiger partial charge is 0.176 e. The summed E-state index contributed by atoms with van der Waals surface area (Å²) in [4.78, 5) is 4.74. The Hall–Kier alpha value is -2.49. The number of aromatic hydroxyl groups is 1. The highest BCUT2D eigenvalue weighted by Crippen LogP contribution is 2.40. The summed E-state index contributed by atoms with van der Waals surface area (Å²) in [6, 6.07) is 6.63. The van der Waals surface area contributed by atoms with Gasteiger partial charge < -0.3 is 35.2 Å². The number of unbranched alkanes of at least 4 members (excludes halogenated alkanes) is 1. The standard InChI is InChI=1S/C36H54N2O6/c1-3-4-11-34-29(24-40)21-31(44-34)14-12-26-13-15-33(42)35(19-26)43-18-16-30-20-28(23-37-30)36(27-8-5-6-9-27)32(10-7-17-39)38-22-25(2)41/h13,15,19-21,23,25,27,32,34,36,38-42H,3-12,14,16-18,22,24H2,1-2H3. The first kappa shape index (κ1) is 34.4. The van der Waals surface area contributed by atoms with E-state index in [-0.39, 0.29) is 37.0 Å². The third-order valence-corrected chi connectivity index (χ3v) is 9.14. The molecule has 8 nitrogen and oxygen atoms in total. The zero-order valence-corrected chi connectivity index (χ0v) is 26.7. The highest BCUT2D eigenvalue weighted by molar-refractivity contribution is 5.84. The Morgan fingerprint density at radius 2 is 2.02 bits per heavy atom. The molecule has 244 valence electrons. The van der Waals surface area contributed by atoms with E-state index in [0.717, 1.165) is 68.2 Å². The van der Waals surface area contributed by atoms with Crippen molar-refractivity contribution < 1.29 is 29.9 Å². The topological polar surface area (TPSA) is 124 Å². The molecule has 0 saturated heterocycles. The maximum absolute atomic E-state index is 10.5. The summed E-state index contributed by atoms with van der Waals surface area (Å²) in [7, 11) is 0. The molecule has 0 amide bonds. The quantitative estimate of drug-likeness (QED) is 0.122. The molecule has 1 saturated carbocycles. The summed E-state index contributed by atoms with van der Waals surface area (Å²) in [5, 5.41) is 43.2. The number of ether oxygens (including phenoxy) is 2. The SMILES string of the molecule is CCCCC1O[C-](CCc2ccc(O)c(OCC[C+]3C=C(C(C4CCCC4)C(CCCO)NCC(C)O)C=N3)c2)C=C1CO. The molecule has 0 spiro atoms. The van der Waals surface area contributed by atoms with Gasteiger partial charge in [-0.05, 0) is 69.1 Å². The van der Waals surface area contributed by atoms with Gasteiger partial charge in [-0.1, -0.05) is 51.2 Å². The Labute approximate surface area is 264 Å². The lowest BCUT2D eigenvalue weighted by molar-refractivity contribution is 0.103. The molecule has 4 rings (SSSR count). The average Bonchev–Trinajstić information content (AvgIpc) is 3.79. The van der Waals surface area contributed by atoms with E-state index in [0.29, 0.717) is 31.2 Å². The Morgan fingerprint density at radius 3 is 2.75 bits per heavy atom. The monoisotopic (exact) mass is 610 g/mol. The summed E-state index contributed by atoms with van der Waals surface area (Å²) in [6.07, 6.45) is 18.3. The first-order chi connectivity index (χ1) is 21.4. The molecule has 8 heteroatoms. The summed E-state index contributed by atoms with van der Waals surface area (Å²) in [5.74, 6) is 1.44. The molecule has 0 bridgehead atoms. The number of rotatable bonds is 20. The van der Waals surface area contributed by atoms with Crippen LogP contribution in [0.4, 0.5) is 0 Å². The van der Waals surface area contributed by atoms with Crippen molar-refractivity contribution in [1.82, 2.24) is 5.32 Å². The maximum atomic E-state index is 10.5. The molecule has 1 aromatic rings. The number of nitrogens with zero attached hydrogens (tertiary/aromatic N) is 1. The van der Waals surface area contributed by atoms with Crippen LogP contribution in [0.2, 0.25) is 0 Å². The Balaban J connectivity index is 1.31. The van der Waals surface area contributed by atoms with Gasteiger partial charge in [0.2, 0.25) is 0 Å². The molecule has 4 unspecified atom stereocenters. The van der Waals surface area contributed by atoms with Gasteiger partial charge in [-0.15, -0.1) is 4.99 Å². The lowest BCUT2D eigenvalue weighted by Gasteiger charge is -2.30. The summed E-state index contributed by atoms with van der Waals surface area (Å²) >= 11 is 0. The van der Waals surface area contributed by atoms with Crippen LogP contribution in [0.25, 0.3) is 0 Å². The van der Waals surface area contributed by atoms with E-state index in [4.69, 9.17) is 14.5 Å². The van der Waals surface area contributed by atoms with Crippen LogP contribution in [-0.2, 0) is 11.2 Å². The molecule has 0 radical (unpaired) electrons. The van der Waals surface area contributed by atoms with Gasteiger partial charge in [0.25, 0.3) is 0 Å². The zero-order valence-electron chi connectivity index (χ0n) is 26.7. The van der Waals surface area contributed by atoms with Crippen molar-refractivity contribution in [2.24, 2.45) is 16.8 Å². The molecular weight excluding hydrogens is 556 g/mol. The number of nitrogens with one attached hydrogen (secondary N) is 1. The van der Waals surface area contributed by atoms with E-state index in [2.05, 4.69) is 18.3 Å². The van der Waals surface area contributed by atoms with Gasteiger partial charge in [0.05, 0.1) is 24.5 Å². The highest BCUT2D eigenvalue weighted by Gasteiger charge is 2.40. The number of aliphatic imine (C=N–C) groups is 1. The number of phenolic OH excluding ortho intramolecular Hbond substituents is 1. The van der Waals surface area contributed by atoms with Crippen LogP contribution in [0.3, 0.4) is 0 Å². The summed E-state index contributed by atoms with van der Waals surface area (Å²) < 4.78 is 12.2. The van der Waals surface area contributed by atoms with Crippen LogP contribution in [-0.4, -0.2) is 71.3 Å². The molecule has 44 heavy (non-hydrogen) atoms. The Kier molecular flexibility index (Phi) is 14.0. The zero-order chi connectivity index (χ0) is 31.3. The van der Waals surface area contributed by atoms with Crippen molar-refractivity contribution >= 4 is 6.21 Å². The van der Waals surface area contributed by atoms with Crippen LogP contribution in [0.5, 0.6) is 11.5 Å². The lowest BCUT2D eigenvalue weighted by Crippen LogP contribution is -2.43. The molecule has 4 atom stereocenters. The second-order valence-electron chi connectivity index (χ2n) is 12.7. The van der Waals surface area contributed by atoms with Crippen molar-refractivity contribution in [3.05, 3.63) is 59.2 Å². The van der Waals surface area contributed by atoms with E-state index in [1.807, 2.05) is 24.4 Å². The third kappa shape index (κ3) is 10.0. The lowest BCUT2D eigenvalue weighted by atomic mass is 9.77. The molecule has 0 aromatic heterocycles. The minimum absolute atomic E-state index is 0.0145. The number of benzene rings is 1. The first-order valence-electron chi connectivity index (χ1n) is 16.8. The van der Waals surface area contributed by atoms with Crippen molar-refractivity contribution in [2.45, 2.75) is 109 Å². The number of hydrogen-bond donors (Lipinski definition) is 5. The summed E-state index contributed by atoms with van der Waals surface area (Å²) in [5.41, 5.74) is 3.23. The first-order valence-corrected chi connectivity index (χ1v) is 16.8. The fourth-order valence-electron chi connectivity index (χ4n) is 6.80. The molecule has 1 fully saturated rings. The van der Waals surface area contributed by atoms with Crippen LogP contribution in [0, 0.1) is 24.0 Å². The molecule has 2 heterocycles. The van der Waals surface area contributed by atoms with Gasteiger partial charge in [0.15, 0.2) is 23.8 Å². The second kappa shape index (κ2) is 17.9. The van der Waals surface area contributed by atoms with Gasteiger partial charge >= 0.3 is 0 Å². The van der Waals surface area contributed by atoms with Crippen molar-refractivity contribution in [2.75, 3.05) is 26.4 Å². The van der Waals surface area contributed by atoms with E-state index >= 15 is 0 Å². The molecule has 5 N–H and O–H groups in total. The van der Waals surface area contributed by atoms with Crippen molar-refractivity contribution in [1.29, 1.82) is 0 Å². The van der Waals surface area contributed by atoms with Gasteiger partial charge in [-0.3, -0.25) is 0 Å². The highest BCUT2D eigenvalue weighted by atomic mass is 16.5. The maximum Gasteiger partial charge on any atom is 0.176 e. The normalized spacial score (nSPS) is 20.7. The van der Waals surface area contributed by atoms with Crippen LogP contribution in [0.1, 0.15) is 90.0 Å². The molecule has 2 aliphatic heterocycles. The van der Waals surface area contributed by atoms with Crippen molar-refractivity contribution in [3.8, 4) is 11.5 Å². The van der Waals surface area contributed by atoms with Gasteiger partial charge in [0.1, 0.15) is 12.2 Å². The van der Waals surface area contributed by atoms with Crippen LogP contribution >= 0.6 is 0 Å².